The van der Waals surface area contributed by atoms with Gasteiger partial charge in [0.05, 0.1) is 6.42 Å². The summed E-state index contributed by atoms with van der Waals surface area (Å²) in [7, 11) is 1.82. The average Bonchev–Trinajstić information content (AvgIpc) is 1.96. The quantitative estimate of drug-likeness (QED) is 0.567. The second-order valence-electron chi connectivity index (χ2n) is 2.68. The number of phenols is 1. The second kappa shape index (κ2) is 3.30. The summed E-state index contributed by atoms with van der Waals surface area (Å²) in [6.45, 7) is 0. The van der Waals surface area contributed by atoms with Crippen molar-refractivity contribution in [2.45, 2.75) is 6.42 Å². The molecular weight excluding hydrogens is 155 g/mol. The van der Waals surface area contributed by atoms with Crippen molar-refractivity contribution in [2.75, 3.05) is 0 Å². The maximum atomic E-state index is 10.4. The Morgan fingerprint density at radius 1 is 1.50 bits per heavy atom. The Morgan fingerprint density at radius 3 is 2.75 bits per heavy atom. The Kier molecular flexibility index (Phi) is 2.38. The van der Waals surface area contributed by atoms with Crippen LogP contribution in [0.1, 0.15) is 5.56 Å². The van der Waals surface area contributed by atoms with Crippen molar-refractivity contribution >= 4 is 19.3 Å². The Hall–Kier alpha value is -1.45. The summed E-state index contributed by atoms with van der Waals surface area (Å²) < 4.78 is 0. The van der Waals surface area contributed by atoms with Crippen molar-refractivity contribution in [3.05, 3.63) is 23.8 Å². The number of carboxylic acids is 1. The van der Waals surface area contributed by atoms with E-state index in [1.54, 1.807) is 12.1 Å². The van der Waals surface area contributed by atoms with Gasteiger partial charge in [0.25, 0.3) is 0 Å². The van der Waals surface area contributed by atoms with Crippen LogP contribution in [0.5, 0.6) is 5.75 Å². The number of aromatic hydroxyl groups is 1. The van der Waals surface area contributed by atoms with Crippen LogP contribution in [-0.4, -0.2) is 24.0 Å². The smallest absolute Gasteiger partial charge is 0.307 e. The van der Waals surface area contributed by atoms with Crippen LogP contribution in [0, 0.1) is 0 Å². The number of benzene rings is 1. The van der Waals surface area contributed by atoms with E-state index in [-0.39, 0.29) is 12.2 Å². The Morgan fingerprint density at radius 2 is 2.17 bits per heavy atom. The zero-order valence-electron chi connectivity index (χ0n) is 6.74. The van der Waals surface area contributed by atoms with Gasteiger partial charge in [-0.15, -0.1) is 0 Å². The molecule has 1 aromatic carbocycles. The highest BCUT2D eigenvalue weighted by atomic mass is 16.4. The Bertz CT molecular complexity index is 309. The molecule has 4 heteroatoms. The lowest BCUT2D eigenvalue weighted by Gasteiger charge is -2.02. The molecule has 0 radical (unpaired) electrons. The minimum Gasteiger partial charge on any atom is -0.508 e. The number of aliphatic carboxylic acids is 1. The monoisotopic (exact) mass is 164 g/mol. The predicted molar refractivity (Wildman–Crippen MR) is 47.6 cm³/mol. The van der Waals surface area contributed by atoms with Crippen LogP contribution < -0.4 is 5.46 Å². The number of rotatable bonds is 2. The van der Waals surface area contributed by atoms with E-state index in [2.05, 4.69) is 0 Å². The lowest BCUT2D eigenvalue weighted by atomic mass is 9.89. The topological polar surface area (TPSA) is 57.5 Å². The van der Waals surface area contributed by atoms with Gasteiger partial charge in [-0.2, -0.15) is 0 Å². The van der Waals surface area contributed by atoms with Crippen molar-refractivity contribution in [1.29, 1.82) is 0 Å². The molecule has 0 saturated carbocycles. The minimum absolute atomic E-state index is 0.0414. The highest BCUT2D eigenvalue weighted by Crippen LogP contribution is 2.08. The first kappa shape index (κ1) is 8.65. The summed E-state index contributed by atoms with van der Waals surface area (Å²) in [5, 5.41) is 17.6. The first-order valence-electron chi connectivity index (χ1n) is 3.60. The van der Waals surface area contributed by atoms with E-state index in [0.29, 0.717) is 5.56 Å². The van der Waals surface area contributed by atoms with Crippen molar-refractivity contribution in [3.63, 3.8) is 0 Å². The highest BCUT2D eigenvalue weighted by Gasteiger charge is 2.03. The van der Waals surface area contributed by atoms with Crippen LogP contribution in [0.15, 0.2) is 18.2 Å². The molecule has 0 bridgehead atoms. The van der Waals surface area contributed by atoms with Crippen LogP contribution in [-0.2, 0) is 11.2 Å². The summed E-state index contributed by atoms with van der Waals surface area (Å²) in [6, 6.07) is 4.72. The molecule has 1 aromatic rings. The summed E-state index contributed by atoms with van der Waals surface area (Å²) in [5.41, 5.74) is 1.54. The van der Waals surface area contributed by atoms with Crippen molar-refractivity contribution in [1.82, 2.24) is 0 Å². The fourth-order valence-corrected chi connectivity index (χ4v) is 1.01. The van der Waals surface area contributed by atoms with Gasteiger partial charge in [0.2, 0.25) is 0 Å². The lowest BCUT2D eigenvalue weighted by Crippen LogP contribution is -2.13. The maximum Gasteiger partial charge on any atom is 0.307 e. The predicted octanol–water partition coefficient (Wildman–Crippen LogP) is -0.722. The van der Waals surface area contributed by atoms with Crippen LogP contribution in [0.2, 0.25) is 0 Å². The Labute approximate surface area is 71.1 Å². The summed E-state index contributed by atoms with van der Waals surface area (Å²) in [6.07, 6.45) is -0.0414. The number of carbonyl (C=O) groups is 1. The molecule has 0 heterocycles. The number of hydrogen-bond acceptors (Lipinski definition) is 2. The second-order valence-corrected chi connectivity index (χ2v) is 2.68. The van der Waals surface area contributed by atoms with E-state index in [4.69, 9.17) is 10.2 Å². The zero-order chi connectivity index (χ0) is 9.14. The third-order valence-corrected chi connectivity index (χ3v) is 1.67. The highest BCUT2D eigenvalue weighted by molar-refractivity contribution is 6.33. The standard InChI is InChI=1S/C8H9BO3/c9-7-2-1-6(10)3-5(7)4-8(11)12/h1-3,10H,4,9H2,(H,11,12). The molecule has 0 fully saturated rings. The van der Waals surface area contributed by atoms with Crippen LogP contribution in [0.3, 0.4) is 0 Å². The van der Waals surface area contributed by atoms with E-state index in [9.17, 15) is 4.79 Å². The summed E-state index contributed by atoms with van der Waals surface area (Å²) >= 11 is 0. The van der Waals surface area contributed by atoms with Gasteiger partial charge in [-0.3, -0.25) is 4.79 Å². The van der Waals surface area contributed by atoms with Gasteiger partial charge in [-0.1, -0.05) is 11.5 Å². The molecular formula is C8H9BO3. The first-order chi connectivity index (χ1) is 5.59. The molecule has 0 atom stereocenters. The van der Waals surface area contributed by atoms with Crippen LogP contribution >= 0.6 is 0 Å². The van der Waals surface area contributed by atoms with Crippen molar-refractivity contribution in [3.8, 4) is 5.75 Å². The first-order valence-corrected chi connectivity index (χ1v) is 3.60. The molecule has 3 nitrogen and oxygen atoms in total. The van der Waals surface area contributed by atoms with Crippen molar-refractivity contribution < 1.29 is 15.0 Å². The van der Waals surface area contributed by atoms with Gasteiger partial charge in [0.15, 0.2) is 0 Å². The number of phenolic OH excluding ortho intramolecular Hbond substituents is 1. The molecule has 0 aliphatic carbocycles. The van der Waals surface area contributed by atoms with Gasteiger partial charge in [-0.05, 0) is 17.7 Å². The van der Waals surface area contributed by atoms with Crippen LogP contribution in [0.4, 0.5) is 0 Å². The van der Waals surface area contributed by atoms with Gasteiger partial charge < -0.3 is 10.2 Å². The molecule has 12 heavy (non-hydrogen) atoms. The molecule has 0 unspecified atom stereocenters. The normalized spacial score (nSPS) is 9.67. The average molecular weight is 164 g/mol. The lowest BCUT2D eigenvalue weighted by molar-refractivity contribution is -0.136. The summed E-state index contributed by atoms with van der Waals surface area (Å²) in [5.74, 6) is -0.777. The molecule has 0 aliphatic rings. The largest absolute Gasteiger partial charge is 0.508 e. The molecule has 62 valence electrons. The van der Waals surface area contributed by atoms with Gasteiger partial charge in [0, 0.05) is 0 Å². The maximum absolute atomic E-state index is 10.4. The molecule has 1 rings (SSSR count). The molecule has 0 spiro atoms. The summed E-state index contributed by atoms with van der Waals surface area (Å²) in [4.78, 5) is 10.4. The van der Waals surface area contributed by atoms with Crippen LogP contribution in [0.25, 0.3) is 0 Å². The number of carboxylic acid groups (broad SMARTS) is 1. The minimum atomic E-state index is -0.885. The number of hydrogen-bond donors (Lipinski definition) is 2. The molecule has 0 aliphatic heterocycles. The molecule has 0 aromatic heterocycles. The molecule has 0 saturated heterocycles. The Balaban J connectivity index is 2.97. The van der Waals surface area contributed by atoms with Gasteiger partial charge in [-0.25, -0.2) is 0 Å². The zero-order valence-corrected chi connectivity index (χ0v) is 6.74. The van der Waals surface area contributed by atoms with Gasteiger partial charge >= 0.3 is 5.97 Å². The fourth-order valence-electron chi connectivity index (χ4n) is 1.01. The molecule has 2 N–H and O–H groups in total. The van der Waals surface area contributed by atoms with E-state index < -0.39 is 5.97 Å². The van der Waals surface area contributed by atoms with E-state index >= 15 is 0 Å². The van der Waals surface area contributed by atoms with E-state index in [0.717, 1.165) is 5.46 Å². The third-order valence-electron chi connectivity index (χ3n) is 1.67. The van der Waals surface area contributed by atoms with Crippen molar-refractivity contribution in [2.24, 2.45) is 0 Å². The third kappa shape index (κ3) is 2.02. The van der Waals surface area contributed by atoms with E-state index in [1.807, 2.05) is 7.85 Å². The SMILES string of the molecule is Bc1ccc(O)cc1CC(=O)O. The fraction of sp³-hybridized carbons (Fsp3) is 0.125. The van der Waals surface area contributed by atoms with Gasteiger partial charge in [0.1, 0.15) is 13.6 Å². The molecule has 0 amide bonds. The van der Waals surface area contributed by atoms with E-state index in [1.165, 1.54) is 6.07 Å².